The number of H-pyrrole nitrogens is 1. The van der Waals surface area contributed by atoms with Gasteiger partial charge in [0.25, 0.3) is 0 Å². The normalized spacial score (nSPS) is 14.1. The summed E-state index contributed by atoms with van der Waals surface area (Å²) in [6.07, 6.45) is 1.05. The predicted octanol–water partition coefficient (Wildman–Crippen LogP) is 6.03. The highest BCUT2D eigenvalue weighted by Crippen LogP contribution is 2.46. The summed E-state index contributed by atoms with van der Waals surface area (Å²) in [5.74, 6) is -7.17. The maximum atomic E-state index is 11.9. The molecule has 4 aromatic carbocycles. The Morgan fingerprint density at radius 1 is 0.627 bits per heavy atom. The highest BCUT2D eigenvalue weighted by Gasteiger charge is 2.58. The molecule has 1 aromatic heterocycles. The van der Waals surface area contributed by atoms with Crippen LogP contribution in [0.4, 0.5) is 5.69 Å². The van der Waals surface area contributed by atoms with E-state index in [-0.39, 0.29) is 31.4 Å². The Morgan fingerprint density at radius 3 is 1.71 bits per heavy atom. The Labute approximate surface area is 292 Å². The largest absolute Gasteiger partial charge is 0.481 e. The molecule has 0 saturated carbocycles. The molecule has 0 spiro atoms. The number of aromatic amines is 1. The van der Waals surface area contributed by atoms with Crippen molar-refractivity contribution in [3.05, 3.63) is 136 Å². The molecule has 0 fully saturated rings. The van der Waals surface area contributed by atoms with Crippen LogP contribution in [0.15, 0.2) is 97.1 Å². The van der Waals surface area contributed by atoms with Crippen LogP contribution >= 0.6 is 0 Å². The highest BCUT2D eigenvalue weighted by atomic mass is 16.4. The molecule has 0 saturated heterocycles. The van der Waals surface area contributed by atoms with Crippen LogP contribution in [0, 0.1) is 0 Å². The zero-order valence-electron chi connectivity index (χ0n) is 27.3. The number of aromatic carboxylic acids is 1. The average molecular weight is 693 g/mol. The van der Waals surface area contributed by atoms with Gasteiger partial charge in [-0.3, -0.25) is 9.59 Å². The van der Waals surface area contributed by atoms with Gasteiger partial charge in [-0.2, -0.15) is 0 Å². The number of fused-ring (bicyclic) bond motifs is 2. The first kappa shape index (κ1) is 35.9. The molecule has 2 heterocycles. The van der Waals surface area contributed by atoms with Gasteiger partial charge in [-0.25, -0.2) is 14.4 Å². The summed E-state index contributed by atoms with van der Waals surface area (Å²) in [4.78, 5) is 59.9. The molecule has 262 valence electrons. The fraction of sp³-hybridized carbons (Fsp3) is 0.205. The Hall–Kier alpha value is -6.43. The van der Waals surface area contributed by atoms with E-state index in [2.05, 4.69) is 10.3 Å². The van der Waals surface area contributed by atoms with Gasteiger partial charge in [0.2, 0.25) is 5.54 Å². The van der Waals surface area contributed by atoms with E-state index in [1.807, 2.05) is 84.9 Å². The second kappa shape index (κ2) is 15.4. The van der Waals surface area contributed by atoms with Crippen molar-refractivity contribution >= 4 is 46.4 Å². The molecule has 1 aliphatic rings. The van der Waals surface area contributed by atoms with Gasteiger partial charge in [-0.1, -0.05) is 84.9 Å². The van der Waals surface area contributed by atoms with Gasteiger partial charge in [0, 0.05) is 35.3 Å². The summed E-state index contributed by atoms with van der Waals surface area (Å²) in [7, 11) is 0. The number of hydrogen-bond acceptors (Lipinski definition) is 6. The lowest BCUT2D eigenvalue weighted by Gasteiger charge is -2.27. The number of aryl methyl sites for hydroxylation is 1. The number of nitrogens with one attached hydrogen (secondary N) is 2. The highest BCUT2D eigenvalue weighted by molar-refractivity contribution is 6.09. The maximum absolute atomic E-state index is 11.9. The van der Waals surface area contributed by atoms with Gasteiger partial charge in [0.15, 0.2) is 0 Å². The Bertz CT molecular complexity index is 2080. The fourth-order valence-corrected chi connectivity index (χ4v) is 6.54. The van der Waals surface area contributed by atoms with Gasteiger partial charge in [0.1, 0.15) is 5.69 Å². The molecule has 1 unspecified atom stereocenters. The van der Waals surface area contributed by atoms with E-state index < -0.39 is 41.3 Å². The van der Waals surface area contributed by atoms with E-state index in [0.717, 1.165) is 34.0 Å². The third kappa shape index (κ3) is 8.07. The smallest absolute Gasteiger partial charge is 0.352 e. The summed E-state index contributed by atoms with van der Waals surface area (Å²) in [5, 5.41) is 49.9. The molecule has 0 bridgehead atoms. The van der Waals surface area contributed by atoms with E-state index in [0.29, 0.717) is 23.2 Å². The Kier molecular flexibility index (Phi) is 10.8. The lowest BCUT2D eigenvalue weighted by Crippen LogP contribution is -2.54. The maximum Gasteiger partial charge on any atom is 0.352 e. The van der Waals surface area contributed by atoms with Crippen LogP contribution in [-0.4, -0.2) is 65.9 Å². The first-order valence-corrected chi connectivity index (χ1v) is 16.1. The number of rotatable bonds is 13. The van der Waals surface area contributed by atoms with Crippen molar-refractivity contribution in [1.29, 1.82) is 0 Å². The van der Waals surface area contributed by atoms with E-state index in [4.69, 9.17) is 10.2 Å². The number of benzene rings is 4. The zero-order chi connectivity index (χ0) is 36.7. The minimum absolute atomic E-state index is 0.0723. The summed E-state index contributed by atoms with van der Waals surface area (Å²) in [6, 6.07) is 30.7. The third-order valence-corrected chi connectivity index (χ3v) is 8.94. The first-order valence-electron chi connectivity index (χ1n) is 16.1. The van der Waals surface area contributed by atoms with Gasteiger partial charge >= 0.3 is 29.8 Å². The molecule has 12 nitrogen and oxygen atoms in total. The van der Waals surface area contributed by atoms with Crippen molar-refractivity contribution in [1.82, 2.24) is 4.98 Å². The molecule has 12 heteroatoms. The molecule has 1 atom stereocenters. The topological polar surface area (TPSA) is 214 Å². The second-order valence-electron chi connectivity index (χ2n) is 12.3. The summed E-state index contributed by atoms with van der Waals surface area (Å²) < 4.78 is 0. The average Bonchev–Trinajstić information content (AvgIpc) is 3.63. The number of carbonyl (C=O) groups is 5. The van der Waals surface area contributed by atoms with Crippen LogP contribution < -0.4 is 5.32 Å². The molecular formula is C39H36N2O10. The van der Waals surface area contributed by atoms with Crippen LogP contribution in [0.1, 0.15) is 69.0 Å². The number of aliphatic carboxylic acids is 4. The number of hydrogen-bond donors (Lipinski definition) is 7. The number of carboxylic acid groups (broad SMARTS) is 5. The van der Waals surface area contributed by atoms with E-state index in [1.165, 1.54) is 5.56 Å². The van der Waals surface area contributed by atoms with E-state index >= 15 is 0 Å². The van der Waals surface area contributed by atoms with Crippen LogP contribution in [0.5, 0.6) is 0 Å². The minimum atomic E-state index is -2.27. The van der Waals surface area contributed by atoms with Crippen molar-refractivity contribution in [2.24, 2.45) is 0 Å². The second-order valence-corrected chi connectivity index (χ2v) is 12.3. The van der Waals surface area contributed by atoms with Gasteiger partial charge in [0.05, 0.1) is 0 Å². The molecule has 7 N–H and O–H groups in total. The number of carboxylic acids is 5. The summed E-state index contributed by atoms with van der Waals surface area (Å²) in [6.45, 7) is 0. The van der Waals surface area contributed by atoms with E-state index in [9.17, 15) is 39.3 Å². The Morgan fingerprint density at radius 2 is 1.18 bits per heavy atom. The van der Waals surface area contributed by atoms with Crippen LogP contribution in [-0.2, 0) is 38.4 Å². The molecule has 51 heavy (non-hydrogen) atoms. The zero-order valence-corrected chi connectivity index (χ0v) is 27.3. The van der Waals surface area contributed by atoms with Gasteiger partial charge in [-0.05, 0) is 71.2 Å². The van der Waals surface area contributed by atoms with Crippen LogP contribution in [0.2, 0.25) is 0 Å². The molecular weight excluding hydrogens is 656 g/mol. The van der Waals surface area contributed by atoms with Crippen LogP contribution in [0.3, 0.4) is 0 Å². The van der Waals surface area contributed by atoms with Crippen molar-refractivity contribution in [3.63, 3.8) is 0 Å². The van der Waals surface area contributed by atoms with Crippen molar-refractivity contribution in [2.75, 3.05) is 5.32 Å². The van der Waals surface area contributed by atoms with Crippen molar-refractivity contribution < 1.29 is 49.5 Å². The Balaban J connectivity index is 0.000000199. The first-order chi connectivity index (χ1) is 24.4. The fourth-order valence-electron chi connectivity index (χ4n) is 6.54. The predicted molar refractivity (Wildman–Crippen MR) is 187 cm³/mol. The molecule has 0 radical (unpaired) electrons. The SMILES string of the molecule is O=C(O)CCC1c2ccc(Cc3ccccc3)cc2NC1(C(=O)O)C(=O)O.O=C(O)CCc1c(C(=O)O)[nH]c2cc(Cc3ccccc3)ccc12. The van der Waals surface area contributed by atoms with Gasteiger partial charge in [-0.15, -0.1) is 0 Å². The third-order valence-electron chi connectivity index (χ3n) is 8.94. The standard InChI is InChI=1S/C20H19NO6.C19H17NO4/c22-17(23)9-8-15-14-7-6-13(10-12-4-2-1-3-5-12)11-16(14)21-20(15,18(24)25)19(26)27;21-17(22)9-8-15-14-7-6-13(10-12-4-2-1-3-5-12)11-16(14)20-18(15)19(23)24/h1-7,11,15,21H,8-10H2,(H,22,23)(H,24,25)(H,26,27);1-7,11,20H,8-10H2,(H,21,22)(H,23,24). The van der Waals surface area contributed by atoms with Crippen LogP contribution in [0.25, 0.3) is 10.9 Å². The van der Waals surface area contributed by atoms with Gasteiger partial charge < -0.3 is 35.8 Å². The number of aromatic nitrogens is 1. The number of anilines is 1. The monoisotopic (exact) mass is 692 g/mol. The van der Waals surface area contributed by atoms with Crippen molar-refractivity contribution in [2.45, 2.75) is 50.0 Å². The molecule has 5 aromatic rings. The quantitative estimate of drug-likeness (QED) is 0.0707. The van der Waals surface area contributed by atoms with Crippen molar-refractivity contribution in [3.8, 4) is 0 Å². The lowest BCUT2D eigenvalue weighted by molar-refractivity contribution is -0.157. The molecule has 1 aliphatic heterocycles. The summed E-state index contributed by atoms with van der Waals surface area (Å²) in [5.41, 5.74) is 4.21. The van der Waals surface area contributed by atoms with E-state index in [1.54, 1.807) is 12.1 Å². The molecule has 0 amide bonds. The minimum Gasteiger partial charge on any atom is -0.481 e. The molecule has 6 rings (SSSR count). The summed E-state index contributed by atoms with van der Waals surface area (Å²) >= 11 is 0. The molecule has 0 aliphatic carbocycles. The lowest BCUT2D eigenvalue weighted by atomic mass is 9.79.